The van der Waals surface area contributed by atoms with Crippen molar-refractivity contribution in [2.75, 3.05) is 13.6 Å². The fraction of sp³-hybridized carbons (Fsp3) is 0.533. The van der Waals surface area contributed by atoms with Gasteiger partial charge < -0.3 is 20.3 Å². The molecule has 0 radical (unpaired) electrons. The van der Waals surface area contributed by atoms with Crippen LogP contribution in [0.1, 0.15) is 50.5 Å². The minimum Gasteiger partial charge on any atom is -0.390 e. The molecule has 7 rings (SSSR count). The first-order valence-electron chi connectivity index (χ1n) is 13.3. The summed E-state index contributed by atoms with van der Waals surface area (Å²) in [6, 6.07) is 8.37. The van der Waals surface area contributed by atoms with Gasteiger partial charge in [0.05, 0.1) is 17.3 Å². The zero-order valence-corrected chi connectivity index (χ0v) is 20.9. The molecule has 188 valence electrons. The molecule has 2 aliphatic heterocycles. The molecular weight excluding hydrogens is 452 g/mol. The zero-order valence-electron chi connectivity index (χ0n) is 20.9. The van der Waals surface area contributed by atoms with Crippen molar-refractivity contribution in [1.29, 1.82) is 0 Å². The van der Waals surface area contributed by atoms with Crippen molar-refractivity contribution in [1.82, 2.24) is 10.3 Å². The summed E-state index contributed by atoms with van der Waals surface area (Å²) in [6.45, 7) is 2.91. The second-order valence-corrected chi connectivity index (χ2v) is 12.1. The molecule has 3 aliphatic carbocycles. The average Bonchev–Trinajstić information content (AvgIpc) is 3.33. The van der Waals surface area contributed by atoms with Gasteiger partial charge in [0.2, 0.25) is 0 Å². The van der Waals surface area contributed by atoms with Crippen LogP contribution < -0.4 is 5.32 Å². The number of fused-ring (bicyclic) bond motifs is 2. The first kappa shape index (κ1) is 22.8. The summed E-state index contributed by atoms with van der Waals surface area (Å²) in [5.41, 5.74) is 1.68. The molecule has 1 aromatic heterocycles. The number of allylic oxidation sites excluding steroid dienone is 1. The standard InChI is InChI=1S/C30H34N2O4/c1-28-7-5-21-12-22-27(35)26(34)20(15-31-2)14-29(22)8-9-30(21,36-29)24(28)13-23(33)25(28)18-4-3-17-6-10-32-16-19(17)11-18/h3-6,10-12,16,20,24-27,31,34-35H,7-9,13-15H2,1-2H3/t20-,24-,25+,26-,27-,28+,29-,30-/m1/s1. The molecule has 2 aromatic rings. The molecular formula is C30H34N2O4. The van der Waals surface area contributed by atoms with Gasteiger partial charge in [-0.05, 0) is 72.4 Å². The van der Waals surface area contributed by atoms with E-state index in [1.807, 2.05) is 19.3 Å². The Morgan fingerprint density at radius 3 is 2.89 bits per heavy atom. The first-order chi connectivity index (χ1) is 17.3. The molecule has 5 aliphatic rings. The van der Waals surface area contributed by atoms with Crippen molar-refractivity contribution >= 4 is 16.6 Å². The molecule has 3 heterocycles. The maximum Gasteiger partial charge on any atom is 0.141 e. The van der Waals surface area contributed by atoms with Gasteiger partial charge in [0.15, 0.2) is 0 Å². The topological polar surface area (TPSA) is 91.7 Å². The minimum absolute atomic E-state index is 0.0796. The molecule has 2 saturated carbocycles. The molecule has 2 bridgehead atoms. The summed E-state index contributed by atoms with van der Waals surface area (Å²) in [6.07, 6.45) is 9.96. The number of pyridine rings is 1. The van der Waals surface area contributed by atoms with E-state index < -0.39 is 23.4 Å². The predicted octanol–water partition coefficient (Wildman–Crippen LogP) is 3.43. The van der Waals surface area contributed by atoms with Crippen LogP contribution in [0.4, 0.5) is 0 Å². The Balaban J connectivity index is 1.31. The van der Waals surface area contributed by atoms with Gasteiger partial charge in [-0.15, -0.1) is 0 Å². The lowest BCUT2D eigenvalue weighted by molar-refractivity contribution is -0.163. The van der Waals surface area contributed by atoms with E-state index in [9.17, 15) is 15.0 Å². The van der Waals surface area contributed by atoms with Gasteiger partial charge in [0, 0.05) is 48.5 Å². The molecule has 36 heavy (non-hydrogen) atoms. The van der Waals surface area contributed by atoms with Crippen LogP contribution >= 0.6 is 0 Å². The smallest absolute Gasteiger partial charge is 0.141 e. The van der Waals surface area contributed by atoms with Crippen LogP contribution in [0, 0.1) is 17.3 Å². The summed E-state index contributed by atoms with van der Waals surface area (Å²) in [5.74, 6) is 0.111. The van der Waals surface area contributed by atoms with E-state index in [4.69, 9.17) is 4.74 Å². The number of rotatable bonds is 3. The van der Waals surface area contributed by atoms with Gasteiger partial charge in [-0.1, -0.05) is 31.2 Å². The third-order valence-corrected chi connectivity index (χ3v) is 10.3. The highest BCUT2D eigenvalue weighted by atomic mass is 16.5. The number of hydrogen-bond acceptors (Lipinski definition) is 6. The molecule has 2 spiro atoms. The van der Waals surface area contributed by atoms with Crippen molar-refractivity contribution in [3.8, 4) is 0 Å². The molecule has 6 heteroatoms. The number of carbonyl (C=O) groups excluding carboxylic acids is 1. The highest BCUT2D eigenvalue weighted by Crippen LogP contribution is 2.68. The lowest BCUT2D eigenvalue weighted by Gasteiger charge is -2.55. The number of aromatic nitrogens is 1. The molecule has 8 atom stereocenters. The Bertz CT molecular complexity index is 1340. The van der Waals surface area contributed by atoms with E-state index >= 15 is 0 Å². The number of nitrogens with zero attached hydrogens (tertiary/aromatic N) is 1. The Hall–Kier alpha value is -2.38. The highest BCUT2D eigenvalue weighted by molar-refractivity contribution is 5.92. The minimum atomic E-state index is -0.924. The first-order valence-corrected chi connectivity index (χ1v) is 13.3. The molecule has 0 amide bonds. The van der Waals surface area contributed by atoms with Gasteiger partial charge in [-0.2, -0.15) is 0 Å². The molecule has 1 aromatic carbocycles. The van der Waals surface area contributed by atoms with Crippen LogP contribution in [0.2, 0.25) is 0 Å². The number of aliphatic hydroxyl groups is 2. The fourth-order valence-corrected chi connectivity index (χ4v) is 8.66. The van der Waals surface area contributed by atoms with Crippen molar-refractivity contribution in [2.24, 2.45) is 17.3 Å². The SMILES string of the molecule is CNC[C@H]1C[C@@]23CC[C@@]4(O2)C(=CC[C@]2(C)[C@@H](c5ccc6ccncc6c5)C(=O)C[C@H]24)C=C3[C@@H](O)[C@@H]1O. The molecule has 6 nitrogen and oxygen atoms in total. The lowest BCUT2D eigenvalue weighted by Crippen LogP contribution is -2.59. The van der Waals surface area contributed by atoms with Crippen LogP contribution in [0.5, 0.6) is 0 Å². The Morgan fingerprint density at radius 1 is 1.19 bits per heavy atom. The number of carbonyl (C=O) groups is 1. The zero-order chi connectivity index (χ0) is 24.9. The van der Waals surface area contributed by atoms with E-state index in [1.54, 1.807) is 6.20 Å². The van der Waals surface area contributed by atoms with Crippen molar-refractivity contribution in [3.63, 3.8) is 0 Å². The van der Waals surface area contributed by atoms with Crippen molar-refractivity contribution in [2.45, 2.75) is 68.4 Å². The monoisotopic (exact) mass is 486 g/mol. The predicted molar refractivity (Wildman–Crippen MR) is 136 cm³/mol. The lowest BCUT2D eigenvalue weighted by atomic mass is 9.58. The van der Waals surface area contributed by atoms with Crippen molar-refractivity contribution < 1.29 is 19.7 Å². The third-order valence-electron chi connectivity index (χ3n) is 10.3. The number of hydrogen-bond donors (Lipinski definition) is 3. The van der Waals surface area contributed by atoms with Crippen LogP contribution in [0.25, 0.3) is 10.8 Å². The Kier molecular flexibility index (Phi) is 4.79. The van der Waals surface area contributed by atoms with Gasteiger partial charge in [0.25, 0.3) is 0 Å². The maximum atomic E-state index is 13.8. The van der Waals surface area contributed by atoms with Crippen molar-refractivity contribution in [3.05, 3.63) is 65.5 Å². The van der Waals surface area contributed by atoms with E-state index in [1.165, 1.54) is 0 Å². The van der Waals surface area contributed by atoms with Crippen LogP contribution in [0.15, 0.2) is 60.0 Å². The summed E-state index contributed by atoms with van der Waals surface area (Å²) in [5, 5.41) is 27.3. The normalized spacial score (nSPS) is 43.0. The second kappa shape index (κ2) is 7.57. The van der Waals surface area contributed by atoms with E-state index in [-0.39, 0.29) is 23.2 Å². The number of ether oxygens (including phenoxy) is 1. The fourth-order valence-electron chi connectivity index (χ4n) is 8.66. The van der Waals surface area contributed by atoms with Gasteiger partial charge in [-0.3, -0.25) is 9.78 Å². The number of aliphatic hydroxyl groups excluding tert-OH is 2. The molecule has 3 fully saturated rings. The average molecular weight is 487 g/mol. The van der Waals surface area contributed by atoms with E-state index in [0.29, 0.717) is 25.2 Å². The summed E-state index contributed by atoms with van der Waals surface area (Å²) < 4.78 is 7.16. The number of nitrogens with one attached hydrogen (secondary N) is 1. The maximum absolute atomic E-state index is 13.8. The summed E-state index contributed by atoms with van der Waals surface area (Å²) >= 11 is 0. The molecule has 0 unspecified atom stereocenters. The Morgan fingerprint density at radius 2 is 2.06 bits per heavy atom. The number of ketones is 1. The summed E-state index contributed by atoms with van der Waals surface area (Å²) in [7, 11) is 1.88. The Labute approximate surface area is 211 Å². The molecule has 3 N–H and O–H groups in total. The second-order valence-electron chi connectivity index (χ2n) is 12.1. The van der Waals surface area contributed by atoms with E-state index in [0.717, 1.165) is 46.7 Å². The highest BCUT2D eigenvalue weighted by Gasteiger charge is 2.69. The van der Waals surface area contributed by atoms with Gasteiger partial charge in [0.1, 0.15) is 11.9 Å². The number of benzene rings is 1. The quantitative estimate of drug-likeness (QED) is 0.616. The van der Waals surface area contributed by atoms with Crippen LogP contribution in [-0.2, 0) is 9.53 Å². The van der Waals surface area contributed by atoms with E-state index in [2.05, 4.69) is 47.6 Å². The van der Waals surface area contributed by atoms with Gasteiger partial charge in [-0.25, -0.2) is 0 Å². The molecule has 1 saturated heterocycles. The van der Waals surface area contributed by atoms with Crippen LogP contribution in [-0.4, -0.2) is 58.0 Å². The van der Waals surface area contributed by atoms with Gasteiger partial charge >= 0.3 is 0 Å². The van der Waals surface area contributed by atoms with Crippen LogP contribution in [0.3, 0.4) is 0 Å². The third kappa shape index (κ3) is 2.82. The number of Topliss-reactive ketones (excluding diaryl/α,β-unsaturated/α-hetero) is 1. The largest absolute Gasteiger partial charge is 0.390 e. The summed E-state index contributed by atoms with van der Waals surface area (Å²) in [4.78, 5) is 18.0.